The highest BCUT2D eigenvalue weighted by Crippen LogP contribution is 2.17. The zero-order valence-electron chi connectivity index (χ0n) is 14.7. The third kappa shape index (κ3) is 5.76. The van der Waals surface area contributed by atoms with E-state index in [2.05, 4.69) is 4.98 Å². The zero-order valence-corrected chi connectivity index (χ0v) is 15.5. The quantitative estimate of drug-likeness (QED) is 0.574. The molecule has 134 valence electrons. The van der Waals surface area contributed by atoms with Crippen molar-refractivity contribution in [1.82, 2.24) is 4.98 Å². The minimum Gasteiger partial charge on any atom is -0.456 e. The Labute approximate surface area is 151 Å². The van der Waals surface area contributed by atoms with Gasteiger partial charge in [-0.1, -0.05) is 37.3 Å². The Morgan fingerprint density at radius 1 is 1.20 bits per heavy atom. The Bertz CT molecular complexity index is 745. The molecular weight excluding hydrogens is 338 g/mol. The second-order valence-corrected chi connectivity index (χ2v) is 6.96. The summed E-state index contributed by atoms with van der Waals surface area (Å²) in [6.45, 7) is 6.04. The minimum absolute atomic E-state index is 0.0144. The maximum absolute atomic E-state index is 12.3. The summed E-state index contributed by atoms with van der Waals surface area (Å²) in [6.07, 6.45) is 0.831. The molecule has 0 amide bonds. The van der Waals surface area contributed by atoms with Crippen LogP contribution >= 0.6 is 11.8 Å². The summed E-state index contributed by atoms with van der Waals surface area (Å²) < 4.78 is 11.2. The number of thioether (sulfide) groups is 1. The number of carbonyl (C=O) groups is 1. The van der Waals surface area contributed by atoms with Crippen LogP contribution < -0.4 is 5.56 Å². The van der Waals surface area contributed by atoms with Gasteiger partial charge in [0.25, 0.3) is 5.56 Å². The number of hydrogen-bond acceptors (Lipinski definition) is 5. The summed E-state index contributed by atoms with van der Waals surface area (Å²) in [5.41, 5.74) is 0.615. The van der Waals surface area contributed by atoms with Gasteiger partial charge >= 0.3 is 5.97 Å². The average Bonchev–Trinajstić information content (AvgIpc) is 2.62. The topological polar surface area (TPSA) is 68.4 Å². The van der Waals surface area contributed by atoms with Gasteiger partial charge in [0, 0.05) is 11.1 Å². The summed E-state index contributed by atoms with van der Waals surface area (Å²) in [5, 5.41) is 0. The van der Waals surface area contributed by atoms with Gasteiger partial charge in [0.15, 0.2) is 0 Å². The van der Waals surface area contributed by atoms with Gasteiger partial charge in [0.05, 0.1) is 12.7 Å². The number of aromatic amines is 1. The molecule has 2 aromatic rings. The number of nitrogens with one attached hydrogen (secondary N) is 1. The highest BCUT2D eigenvalue weighted by atomic mass is 32.2. The lowest BCUT2D eigenvalue weighted by molar-refractivity contribution is -0.0441. The molecule has 1 heterocycles. The van der Waals surface area contributed by atoms with Gasteiger partial charge in [0.2, 0.25) is 0 Å². The first-order chi connectivity index (χ1) is 12.0. The fourth-order valence-electron chi connectivity index (χ4n) is 2.13. The summed E-state index contributed by atoms with van der Waals surface area (Å²) in [5.74, 6) is 0.212. The van der Waals surface area contributed by atoms with Gasteiger partial charge in [-0.05, 0) is 31.2 Å². The number of rotatable bonds is 8. The van der Waals surface area contributed by atoms with E-state index < -0.39 is 17.6 Å². The predicted octanol–water partition coefficient (Wildman–Crippen LogP) is 3.64. The van der Waals surface area contributed by atoms with Crippen molar-refractivity contribution in [3.63, 3.8) is 0 Å². The smallest absolute Gasteiger partial charge is 0.344 e. The van der Waals surface area contributed by atoms with Crippen LogP contribution in [0.3, 0.4) is 0 Å². The molecule has 1 aromatic carbocycles. The van der Waals surface area contributed by atoms with Crippen molar-refractivity contribution >= 4 is 17.7 Å². The van der Waals surface area contributed by atoms with Crippen molar-refractivity contribution < 1.29 is 14.3 Å². The molecular formula is C19H23NO4S. The number of hydrogen-bond donors (Lipinski definition) is 1. The molecule has 0 radical (unpaired) electrons. The highest BCUT2D eigenvalue weighted by Gasteiger charge is 2.21. The first-order valence-electron chi connectivity index (χ1n) is 8.23. The van der Waals surface area contributed by atoms with Gasteiger partial charge in [-0.2, -0.15) is 0 Å². The van der Waals surface area contributed by atoms with Crippen LogP contribution in [0.2, 0.25) is 0 Å². The van der Waals surface area contributed by atoms with E-state index in [0.717, 1.165) is 16.2 Å². The summed E-state index contributed by atoms with van der Waals surface area (Å²) in [4.78, 5) is 27.6. The van der Waals surface area contributed by atoms with Gasteiger partial charge in [-0.25, -0.2) is 4.79 Å². The van der Waals surface area contributed by atoms with Crippen LogP contribution in [0.25, 0.3) is 0 Å². The standard InChI is InChI=1S/C19H23NO4S/c1-4-25-16-10-17(18(21)20-11-16)19(22)24-14(3)13(2)23-12-15-8-6-5-7-9-15/h5-11,13-14H,4,12H2,1-3H3,(H,20,21). The van der Waals surface area contributed by atoms with E-state index in [1.807, 2.05) is 44.2 Å². The zero-order chi connectivity index (χ0) is 18.2. The molecule has 0 aliphatic carbocycles. The molecule has 2 atom stereocenters. The number of aromatic nitrogens is 1. The van der Waals surface area contributed by atoms with Crippen molar-refractivity contribution in [1.29, 1.82) is 0 Å². The maximum Gasteiger partial charge on any atom is 0.344 e. The van der Waals surface area contributed by atoms with Gasteiger partial charge in [-0.3, -0.25) is 4.79 Å². The van der Waals surface area contributed by atoms with Crippen LogP contribution in [-0.4, -0.2) is 28.9 Å². The normalized spacial score (nSPS) is 13.2. The van der Waals surface area contributed by atoms with E-state index in [-0.39, 0.29) is 11.7 Å². The lowest BCUT2D eigenvalue weighted by Crippen LogP contribution is -2.30. The summed E-state index contributed by atoms with van der Waals surface area (Å²) in [7, 11) is 0. The monoisotopic (exact) mass is 361 g/mol. The van der Waals surface area contributed by atoms with E-state index in [4.69, 9.17) is 9.47 Å². The molecule has 0 fully saturated rings. The fourth-order valence-corrected chi connectivity index (χ4v) is 2.81. The van der Waals surface area contributed by atoms with Crippen LogP contribution in [0, 0.1) is 0 Å². The second kappa shape index (κ2) is 9.44. The molecule has 0 saturated heterocycles. The Morgan fingerprint density at radius 3 is 2.60 bits per heavy atom. The van der Waals surface area contributed by atoms with Gasteiger partial charge in [-0.15, -0.1) is 11.8 Å². The molecule has 6 heteroatoms. The van der Waals surface area contributed by atoms with Crippen LogP contribution in [0.5, 0.6) is 0 Å². The van der Waals surface area contributed by atoms with Crippen LogP contribution in [0.4, 0.5) is 0 Å². The predicted molar refractivity (Wildman–Crippen MR) is 99.0 cm³/mol. The highest BCUT2D eigenvalue weighted by molar-refractivity contribution is 7.99. The second-order valence-electron chi connectivity index (χ2n) is 5.62. The van der Waals surface area contributed by atoms with Crippen LogP contribution in [-0.2, 0) is 16.1 Å². The maximum atomic E-state index is 12.3. The van der Waals surface area contributed by atoms with Crippen molar-refractivity contribution in [2.24, 2.45) is 0 Å². The van der Waals surface area contributed by atoms with E-state index in [1.54, 1.807) is 30.9 Å². The largest absolute Gasteiger partial charge is 0.456 e. The van der Waals surface area contributed by atoms with Crippen molar-refractivity contribution in [3.8, 4) is 0 Å². The minimum atomic E-state index is -0.637. The Hall–Kier alpha value is -2.05. The number of H-pyrrole nitrogens is 1. The molecule has 0 aliphatic heterocycles. The number of benzene rings is 1. The molecule has 25 heavy (non-hydrogen) atoms. The third-order valence-corrected chi connectivity index (χ3v) is 4.58. The Kier molecular flexibility index (Phi) is 7.28. The third-order valence-electron chi connectivity index (χ3n) is 3.72. The Balaban J connectivity index is 1.95. The average molecular weight is 361 g/mol. The lowest BCUT2D eigenvalue weighted by Gasteiger charge is -2.21. The SMILES string of the molecule is CCSc1c[nH]c(=O)c(C(=O)OC(C)C(C)OCc2ccccc2)c1. The van der Waals surface area contributed by atoms with Gasteiger partial charge < -0.3 is 14.5 Å². The molecule has 1 N–H and O–H groups in total. The number of carbonyl (C=O) groups excluding carboxylic acids is 1. The summed E-state index contributed by atoms with van der Waals surface area (Å²) >= 11 is 1.54. The number of esters is 1. The van der Waals surface area contributed by atoms with E-state index in [1.165, 1.54) is 0 Å². The molecule has 1 aromatic heterocycles. The van der Waals surface area contributed by atoms with Crippen molar-refractivity contribution in [2.45, 2.75) is 44.5 Å². The fraction of sp³-hybridized carbons (Fsp3) is 0.368. The summed E-state index contributed by atoms with van der Waals surface area (Å²) in [6, 6.07) is 11.3. The first kappa shape index (κ1) is 19.3. The molecule has 5 nitrogen and oxygen atoms in total. The van der Waals surface area contributed by atoms with E-state index in [9.17, 15) is 9.59 Å². The molecule has 0 bridgehead atoms. The van der Waals surface area contributed by atoms with Crippen molar-refractivity contribution in [2.75, 3.05) is 5.75 Å². The van der Waals surface area contributed by atoms with Crippen LogP contribution in [0.15, 0.2) is 52.3 Å². The molecule has 0 aliphatic rings. The van der Waals surface area contributed by atoms with Gasteiger partial charge in [0.1, 0.15) is 11.7 Å². The van der Waals surface area contributed by atoms with Crippen LogP contribution in [0.1, 0.15) is 36.7 Å². The first-order valence-corrected chi connectivity index (χ1v) is 9.21. The van der Waals surface area contributed by atoms with E-state index >= 15 is 0 Å². The van der Waals surface area contributed by atoms with Crippen molar-refractivity contribution in [3.05, 3.63) is 64.1 Å². The van der Waals surface area contributed by atoms with E-state index in [0.29, 0.717) is 6.61 Å². The molecule has 2 unspecified atom stereocenters. The molecule has 2 rings (SSSR count). The Morgan fingerprint density at radius 2 is 1.92 bits per heavy atom. The molecule has 0 saturated carbocycles. The number of pyridine rings is 1. The molecule has 0 spiro atoms. The lowest BCUT2D eigenvalue weighted by atomic mass is 10.2. The number of ether oxygens (including phenoxy) is 2.